The van der Waals surface area contributed by atoms with Crippen molar-refractivity contribution in [3.8, 4) is 33.6 Å². The van der Waals surface area contributed by atoms with Crippen LogP contribution in [0.4, 0.5) is 0 Å². The van der Waals surface area contributed by atoms with Crippen LogP contribution in [0.15, 0.2) is 171 Å². The van der Waals surface area contributed by atoms with Gasteiger partial charge in [-0.3, -0.25) is 29.1 Å². The predicted octanol–water partition coefficient (Wildman–Crippen LogP) is 8.45. The average molecular weight is 929 g/mol. The lowest BCUT2D eigenvalue weighted by molar-refractivity contribution is -0.137. The van der Waals surface area contributed by atoms with Gasteiger partial charge in [-0.25, -0.2) is 9.97 Å². The average Bonchev–Trinajstić information content (AvgIpc) is 4.27. The Hall–Kier alpha value is -8.52. The molecule has 350 valence electrons. The zero-order valence-electron chi connectivity index (χ0n) is 38.4. The number of hydrogen-bond acceptors (Lipinski definition) is 8. The molecule has 6 heterocycles. The third-order valence-corrected chi connectivity index (χ3v) is 13.2. The molecular formula is C56H52N10O4. The van der Waals surface area contributed by atoms with Crippen molar-refractivity contribution in [2.24, 2.45) is 0 Å². The molecule has 2 fully saturated rings. The number of imidazole rings is 2. The molecule has 0 unspecified atom stereocenters. The first-order valence-electron chi connectivity index (χ1n) is 23.7. The quantitative estimate of drug-likeness (QED) is 0.0790. The van der Waals surface area contributed by atoms with Crippen LogP contribution >= 0.6 is 0 Å². The summed E-state index contributed by atoms with van der Waals surface area (Å²) in [6.45, 7) is 1.12. The number of benzene rings is 4. The van der Waals surface area contributed by atoms with Crippen LogP contribution in [0.5, 0.6) is 0 Å². The Labute approximate surface area is 405 Å². The normalized spacial score (nSPS) is 16.4. The second kappa shape index (κ2) is 20.8. The maximum Gasteiger partial charge on any atom is 0.250 e. The van der Waals surface area contributed by atoms with E-state index in [1.54, 1.807) is 36.9 Å². The highest BCUT2D eigenvalue weighted by molar-refractivity contribution is 5.91. The fourth-order valence-corrected chi connectivity index (χ4v) is 9.62. The van der Waals surface area contributed by atoms with Crippen molar-refractivity contribution < 1.29 is 19.2 Å². The highest BCUT2D eigenvalue weighted by Gasteiger charge is 2.38. The van der Waals surface area contributed by atoms with Crippen molar-refractivity contribution in [1.29, 1.82) is 0 Å². The van der Waals surface area contributed by atoms with Gasteiger partial charge in [-0.1, -0.05) is 121 Å². The van der Waals surface area contributed by atoms with E-state index in [2.05, 4.69) is 79.1 Å². The molecule has 0 aliphatic carbocycles. The second-order valence-electron chi connectivity index (χ2n) is 17.8. The van der Waals surface area contributed by atoms with Crippen LogP contribution in [0.2, 0.25) is 0 Å². The van der Waals surface area contributed by atoms with E-state index < -0.39 is 12.1 Å². The molecule has 4 atom stereocenters. The number of carbonyl (C=O) groups excluding carboxylic acids is 4. The zero-order chi connectivity index (χ0) is 47.8. The summed E-state index contributed by atoms with van der Waals surface area (Å²) < 4.78 is 0. The predicted molar refractivity (Wildman–Crippen MR) is 265 cm³/mol. The highest BCUT2D eigenvalue weighted by atomic mass is 16.2. The maximum absolute atomic E-state index is 14.3. The van der Waals surface area contributed by atoms with Gasteiger partial charge in [0.2, 0.25) is 23.6 Å². The second-order valence-corrected chi connectivity index (χ2v) is 17.8. The van der Waals surface area contributed by atoms with E-state index in [0.717, 1.165) is 81.6 Å². The van der Waals surface area contributed by atoms with Gasteiger partial charge in [0.15, 0.2) is 0 Å². The van der Waals surface area contributed by atoms with Gasteiger partial charge >= 0.3 is 0 Å². The molecule has 2 aliphatic heterocycles. The summed E-state index contributed by atoms with van der Waals surface area (Å²) in [4.78, 5) is 83.6. The Morgan fingerprint density at radius 1 is 0.500 bits per heavy atom. The number of H-pyrrole nitrogens is 2. The number of likely N-dealkylation sites (tertiary alicyclic amines) is 2. The largest absolute Gasteiger partial charge is 0.340 e. The number of amides is 4. The number of pyridine rings is 2. The van der Waals surface area contributed by atoms with E-state index in [4.69, 9.17) is 9.97 Å². The van der Waals surface area contributed by atoms with Crippen LogP contribution in [0.3, 0.4) is 0 Å². The monoisotopic (exact) mass is 928 g/mol. The molecule has 0 bridgehead atoms. The van der Waals surface area contributed by atoms with Gasteiger partial charge in [-0.05, 0) is 82.3 Å². The Balaban J connectivity index is 0.787. The molecule has 0 saturated carbocycles. The third kappa shape index (κ3) is 10.2. The Morgan fingerprint density at radius 2 is 0.900 bits per heavy atom. The highest BCUT2D eigenvalue weighted by Crippen LogP contribution is 2.36. The SMILES string of the molecule is O=C(Cc1cccnc1)N[C@@H](C(=O)N1CCC[C@H]1c1ncc(-c2ccc(-c3ccc(-c4cnc([C@@H]5CCCN5C(=O)[C@H](NC(=O)Cc5cccnc5)c5ccccc5)[nH]4)cc3)cc2)[nH]1)c1ccccc1. The molecule has 2 aliphatic rings. The zero-order valence-corrected chi connectivity index (χ0v) is 38.4. The van der Waals surface area contributed by atoms with Gasteiger partial charge in [0.25, 0.3) is 0 Å². The van der Waals surface area contributed by atoms with Crippen molar-refractivity contribution in [2.75, 3.05) is 13.1 Å². The Morgan fingerprint density at radius 3 is 1.29 bits per heavy atom. The smallest absolute Gasteiger partial charge is 0.250 e. The van der Waals surface area contributed by atoms with Crippen LogP contribution in [0, 0.1) is 0 Å². The minimum atomic E-state index is -0.843. The number of rotatable bonds is 15. The van der Waals surface area contributed by atoms with Gasteiger partial charge in [0, 0.05) is 37.9 Å². The number of carbonyl (C=O) groups is 4. The molecule has 14 heteroatoms. The summed E-state index contributed by atoms with van der Waals surface area (Å²) in [6, 6.07) is 40.4. The van der Waals surface area contributed by atoms with Crippen LogP contribution in [0.25, 0.3) is 33.6 Å². The summed E-state index contributed by atoms with van der Waals surface area (Å²) in [6.07, 6.45) is 13.7. The molecule has 8 aromatic rings. The minimum Gasteiger partial charge on any atom is -0.340 e. The van der Waals surface area contributed by atoms with Gasteiger partial charge in [0.05, 0.1) is 48.7 Å². The lowest BCUT2D eigenvalue weighted by Crippen LogP contribution is -2.43. The standard InChI is InChI=1S/C56H52N10O4/c67-49(31-37-11-7-27-57-33-37)63-51(43-13-3-1-4-14-43)55(69)65-29-9-17-47(65)53-59-35-45(61-53)41-23-19-39(20-24-41)40-21-25-42(26-22-40)46-36-60-54(62-46)48-18-10-30-66(48)56(70)52(44-15-5-2-6-16-44)64-50(68)32-38-12-8-28-58-34-38/h1-8,11-16,19-28,33-36,47-48,51-52H,9-10,17-18,29-32H2,(H,59,61)(H,60,62)(H,63,67)(H,64,68)/t47-,48-,51+,52+/m0/s1. The Kier molecular flexibility index (Phi) is 13.4. The first kappa shape index (κ1) is 45.3. The number of nitrogens with zero attached hydrogens (tertiary/aromatic N) is 6. The molecule has 4 amide bonds. The number of aromatic nitrogens is 6. The van der Waals surface area contributed by atoms with E-state index in [1.807, 2.05) is 95.0 Å². The van der Waals surface area contributed by atoms with Gasteiger partial charge in [-0.15, -0.1) is 0 Å². The molecule has 2 saturated heterocycles. The first-order chi connectivity index (χ1) is 34.3. The van der Waals surface area contributed by atoms with Gasteiger partial charge in [-0.2, -0.15) is 0 Å². The molecule has 14 nitrogen and oxygen atoms in total. The van der Waals surface area contributed by atoms with Crippen LogP contribution in [-0.2, 0) is 32.0 Å². The lowest BCUT2D eigenvalue weighted by atomic mass is 10.0. The van der Waals surface area contributed by atoms with Crippen LogP contribution < -0.4 is 10.6 Å². The van der Waals surface area contributed by atoms with E-state index in [9.17, 15) is 19.2 Å². The third-order valence-electron chi connectivity index (χ3n) is 13.2. The lowest BCUT2D eigenvalue weighted by Gasteiger charge is -2.28. The molecule has 70 heavy (non-hydrogen) atoms. The summed E-state index contributed by atoms with van der Waals surface area (Å²) >= 11 is 0. The maximum atomic E-state index is 14.3. The van der Waals surface area contributed by atoms with E-state index >= 15 is 0 Å². The summed E-state index contributed by atoms with van der Waals surface area (Å²) in [7, 11) is 0. The van der Waals surface area contributed by atoms with Crippen molar-refractivity contribution in [3.63, 3.8) is 0 Å². The Bertz CT molecular complexity index is 2850. The van der Waals surface area contributed by atoms with E-state index in [0.29, 0.717) is 24.7 Å². The van der Waals surface area contributed by atoms with E-state index in [-0.39, 0.29) is 48.6 Å². The molecule has 0 spiro atoms. The van der Waals surface area contributed by atoms with Gasteiger partial charge in [0.1, 0.15) is 23.7 Å². The van der Waals surface area contributed by atoms with E-state index in [1.165, 1.54) is 0 Å². The van der Waals surface area contributed by atoms with Crippen molar-refractivity contribution in [3.05, 3.63) is 205 Å². The minimum absolute atomic E-state index is 0.119. The topological polar surface area (TPSA) is 182 Å². The molecule has 4 aromatic carbocycles. The number of aromatic amines is 2. The van der Waals surface area contributed by atoms with Crippen molar-refractivity contribution >= 4 is 23.6 Å². The fraction of sp³-hybridized carbons (Fsp3) is 0.214. The van der Waals surface area contributed by atoms with Gasteiger partial charge < -0.3 is 30.4 Å². The van der Waals surface area contributed by atoms with Crippen molar-refractivity contribution in [2.45, 2.75) is 62.7 Å². The number of nitrogens with one attached hydrogen (secondary N) is 4. The molecule has 4 aromatic heterocycles. The van der Waals surface area contributed by atoms with Crippen LogP contribution in [0.1, 0.15) is 83.8 Å². The molecule has 10 rings (SSSR count). The number of hydrogen-bond donors (Lipinski definition) is 4. The fourth-order valence-electron chi connectivity index (χ4n) is 9.62. The summed E-state index contributed by atoms with van der Waals surface area (Å²) in [5.41, 5.74) is 8.70. The van der Waals surface area contributed by atoms with Crippen molar-refractivity contribution in [1.82, 2.24) is 50.3 Å². The molecule has 4 N–H and O–H groups in total. The summed E-state index contributed by atoms with van der Waals surface area (Å²) in [5, 5.41) is 6.02. The molecular weight excluding hydrogens is 877 g/mol. The molecule has 0 radical (unpaired) electrons. The van der Waals surface area contributed by atoms with Crippen LogP contribution in [-0.4, -0.2) is 76.4 Å². The first-order valence-corrected chi connectivity index (χ1v) is 23.7. The summed E-state index contributed by atoms with van der Waals surface area (Å²) in [5.74, 6) is 0.570.